The van der Waals surface area contributed by atoms with Crippen molar-refractivity contribution < 1.29 is 14.3 Å². The fraction of sp³-hybridized carbons (Fsp3) is 0.938. The molecule has 0 bridgehead atoms. The third kappa shape index (κ3) is 2.20. The van der Waals surface area contributed by atoms with E-state index in [2.05, 4.69) is 27.7 Å². The molecule has 1 saturated carbocycles. The normalized spacial score (nSPS) is 40.2. The molecule has 1 aliphatic carbocycles. The topological polar surface area (TPSA) is 38.8 Å². The van der Waals surface area contributed by atoms with Crippen molar-refractivity contribution in [3.05, 3.63) is 0 Å². The van der Waals surface area contributed by atoms with E-state index in [0.717, 1.165) is 32.1 Å². The number of hydrogen-bond donors (Lipinski definition) is 0. The summed E-state index contributed by atoms with van der Waals surface area (Å²) in [6.45, 7) is 11.3. The number of carbonyl (C=O) groups excluding carboxylic acids is 1. The zero-order valence-corrected chi connectivity index (χ0v) is 13.0. The first-order chi connectivity index (χ1) is 8.83. The summed E-state index contributed by atoms with van der Waals surface area (Å²) in [5, 5.41) is 0. The first-order valence-electron chi connectivity index (χ1n) is 7.71. The molecular formula is C16H28O3. The van der Waals surface area contributed by atoms with E-state index in [1.165, 1.54) is 0 Å². The number of hydrogen-bond acceptors (Lipinski definition) is 3. The molecule has 0 aromatic carbocycles. The monoisotopic (exact) mass is 268 g/mol. The largest absolute Gasteiger partial charge is 0.464 e. The maximum absolute atomic E-state index is 12.4. The van der Waals surface area contributed by atoms with Crippen molar-refractivity contribution in [1.29, 1.82) is 0 Å². The Morgan fingerprint density at radius 2 is 2.00 bits per heavy atom. The van der Waals surface area contributed by atoms with Crippen molar-refractivity contribution in [2.24, 2.45) is 11.3 Å². The van der Waals surface area contributed by atoms with Gasteiger partial charge >= 0.3 is 5.97 Å². The Morgan fingerprint density at radius 3 is 2.53 bits per heavy atom. The molecule has 1 aliphatic heterocycles. The van der Waals surface area contributed by atoms with E-state index in [1.54, 1.807) is 0 Å². The standard InChI is InChI=1S/C16H28O3/c1-6-8-16(13(17)18-7-2)15(19-16)10-9-14(4,5)11-12(15)3/h12H,6-11H2,1-5H3. The summed E-state index contributed by atoms with van der Waals surface area (Å²) in [7, 11) is 0. The molecule has 1 spiro atoms. The van der Waals surface area contributed by atoms with Crippen LogP contribution in [0.5, 0.6) is 0 Å². The van der Waals surface area contributed by atoms with Gasteiger partial charge in [-0.05, 0) is 43.9 Å². The fourth-order valence-electron chi connectivity index (χ4n) is 4.08. The number of carbonyl (C=O) groups is 1. The maximum Gasteiger partial charge on any atom is 0.341 e. The molecule has 3 unspecified atom stereocenters. The Labute approximate surface area is 117 Å². The van der Waals surface area contributed by atoms with Crippen LogP contribution in [-0.4, -0.2) is 23.8 Å². The highest BCUT2D eigenvalue weighted by Crippen LogP contribution is 2.64. The lowest BCUT2D eigenvalue weighted by Crippen LogP contribution is -2.44. The number of esters is 1. The highest BCUT2D eigenvalue weighted by Gasteiger charge is 2.77. The van der Waals surface area contributed by atoms with Gasteiger partial charge in [0.2, 0.25) is 0 Å². The van der Waals surface area contributed by atoms with Crippen molar-refractivity contribution in [2.75, 3.05) is 6.61 Å². The lowest BCUT2D eigenvalue weighted by molar-refractivity contribution is -0.150. The van der Waals surface area contributed by atoms with Crippen LogP contribution in [0.15, 0.2) is 0 Å². The molecule has 1 heterocycles. The molecule has 3 heteroatoms. The molecule has 0 radical (unpaired) electrons. The van der Waals surface area contributed by atoms with Crippen LogP contribution >= 0.6 is 0 Å². The zero-order chi connectivity index (χ0) is 14.3. The van der Waals surface area contributed by atoms with Crippen LogP contribution < -0.4 is 0 Å². The van der Waals surface area contributed by atoms with E-state index in [-0.39, 0.29) is 11.6 Å². The van der Waals surface area contributed by atoms with E-state index in [0.29, 0.717) is 17.9 Å². The average Bonchev–Trinajstić information content (AvgIpc) is 2.96. The van der Waals surface area contributed by atoms with E-state index >= 15 is 0 Å². The second-order valence-electron chi connectivity index (χ2n) is 7.06. The van der Waals surface area contributed by atoms with Crippen molar-refractivity contribution in [3.63, 3.8) is 0 Å². The summed E-state index contributed by atoms with van der Waals surface area (Å²) < 4.78 is 11.4. The summed E-state index contributed by atoms with van der Waals surface area (Å²) in [5.41, 5.74) is -0.526. The molecule has 3 nitrogen and oxygen atoms in total. The van der Waals surface area contributed by atoms with E-state index in [1.807, 2.05) is 6.92 Å². The van der Waals surface area contributed by atoms with Crippen LogP contribution in [0.3, 0.4) is 0 Å². The molecule has 2 fully saturated rings. The molecular weight excluding hydrogens is 240 g/mol. The van der Waals surface area contributed by atoms with Gasteiger partial charge in [0.05, 0.1) is 6.61 Å². The zero-order valence-electron chi connectivity index (χ0n) is 13.0. The van der Waals surface area contributed by atoms with E-state index in [9.17, 15) is 4.79 Å². The molecule has 0 N–H and O–H groups in total. The molecule has 3 atom stereocenters. The van der Waals surface area contributed by atoms with Crippen LogP contribution in [0.2, 0.25) is 0 Å². The van der Waals surface area contributed by atoms with Crippen molar-refractivity contribution >= 4 is 5.97 Å². The van der Waals surface area contributed by atoms with Gasteiger partial charge in [-0.15, -0.1) is 0 Å². The molecule has 0 aromatic rings. The predicted molar refractivity (Wildman–Crippen MR) is 74.9 cm³/mol. The lowest BCUT2D eigenvalue weighted by Gasteiger charge is -2.39. The number of epoxide rings is 1. The second kappa shape index (κ2) is 4.76. The first-order valence-corrected chi connectivity index (χ1v) is 7.71. The highest BCUT2D eigenvalue weighted by molar-refractivity contribution is 5.85. The molecule has 19 heavy (non-hydrogen) atoms. The summed E-state index contributed by atoms with van der Waals surface area (Å²) in [6, 6.07) is 0. The van der Waals surface area contributed by atoms with Crippen LogP contribution in [-0.2, 0) is 14.3 Å². The quantitative estimate of drug-likeness (QED) is 0.576. The highest BCUT2D eigenvalue weighted by atomic mass is 16.7. The average molecular weight is 268 g/mol. The molecule has 0 amide bonds. The first kappa shape index (κ1) is 14.8. The Kier molecular flexibility index (Phi) is 3.72. The van der Waals surface area contributed by atoms with Gasteiger partial charge < -0.3 is 9.47 Å². The van der Waals surface area contributed by atoms with Crippen LogP contribution in [0.4, 0.5) is 0 Å². The minimum absolute atomic E-state index is 0.136. The maximum atomic E-state index is 12.4. The van der Waals surface area contributed by atoms with Crippen LogP contribution in [0.1, 0.15) is 66.7 Å². The van der Waals surface area contributed by atoms with Crippen molar-refractivity contribution in [2.45, 2.75) is 77.9 Å². The lowest BCUT2D eigenvalue weighted by atomic mass is 9.63. The minimum atomic E-state index is -0.645. The van der Waals surface area contributed by atoms with Crippen molar-refractivity contribution in [1.82, 2.24) is 0 Å². The summed E-state index contributed by atoms with van der Waals surface area (Å²) in [4.78, 5) is 12.4. The fourth-order valence-corrected chi connectivity index (χ4v) is 4.08. The van der Waals surface area contributed by atoms with Gasteiger partial charge in [0.1, 0.15) is 5.60 Å². The minimum Gasteiger partial charge on any atom is -0.464 e. The van der Waals surface area contributed by atoms with Gasteiger partial charge in [-0.2, -0.15) is 0 Å². The Morgan fingerprint density at radius 1 is 1.32 bits per heavy atom. The third-order valence-electron chi connectivity index (χ3n) is 5.03. The summed E-state index contributed by atoms with van der Waals surface area (Å²) in [6.07, 6.45) is 4.98. The van der Waals surface area contributed by atoms with Crippen molar-refractivity contribution in [3.8, 4) is 0 Å². The molecule has 2 rings (SSSR count). The van der Waals surface area contributed by atoms with Gasteiger partial charge in [-0.3, -0.25) is 0 Å². The molecule has 0 aromatic heterocycles. The third-order valence-corrected chi connectivity index (χ3v) is 5.03. The van der Waals surface area contributed by atoms with Gasteiger partial charge in [0.25, 0.3) is 0 Å². The number of rotatable bonds is 4. The van der Waals surface area contributed by atoms with Gasteiger partial charge in [-0.1, -0.05) is 34.1 Å². The summed E-state index contributed by atoms with van der Waals surface area (Å²) in [5.74, 6) is 0.288. The Hall–Kier alpha value is -0.570. The van der Waals surface area contributed by atoms with Crippen LogP contribution in [0, 0.1) is 11.3 Å². The second-order valence-corrected chi connectivity index (χ2v) is 7.06. The predicted octanol–water partition coefficient (Wildman–Crippen LogP) is 3.70. The SMILES string of the molecule is CCCC1(C(=O)OCC)OC12CCC(C)(C)CC2C. The smallest absolute Gasteiger partial charge is 0.341 e. The number of ether oxygens (including phenoxy) is 2. The van der Waals surface area contributed by atoms with Crippen LogP contribution in [0.25, 0.3) is 0 Å². The molecule has 1 saturated heterocycles. The van der Waals surface area contributed by atoms with E-state index < -0.39 is 5.60 Å². The summed E-state index contributed by atoms with van der Waals surface area (Å²) >= 11 is 0. The Bertz CT molecular complexity index is 363. The van der Waals surface area contributed by atoms with Gasteiger partial charge in [0.15, 0.2) is 5.60 Å². The molecule has 110 valence electrons. The molecule has 2 aliphatic rings. The van der Waals surface area contributed by atoms with E-state index in [4.69, 9.17) is 9.47 Å². The Balaban J connectivity index is 2.19. The van der Waals surface area contributed by atoms with Gasteiger partial charge in [-0.25, -0.2) is 4.79 Å². The van der Waals surface area contributed by atoms with Gasteiger partial charge in [0, 0.05) is 0 Å².